The van der Waals surface area contributed by atoms with E-state index in [9.17, 15) is 49.5 Å². The number of ether oxygens (including phenoxy) is 2. The Morgan fingerprint density at radius 3 is 2.26 bits per heavy atom. The second-order valence-electron chi connectivity index (χ2n) is 23.4. The van der Waals surface area contributed by atoms with Gasteiger partial charge in [0.25, 0.3) is 5.91 Å². The van der Waals surface area contributed by atoms with E-state index in [-0.39, 0.29) is 67.1 Å². The van der Waals surface area contributed by atoms with Crippen molar-refractivity contribution < 1.29 is 63.8 Å². The number of phenolic OH excluding ortho intramolecular Hbond substituents is 1. The lowest BCUT2D eigenvalue weighted by atomic mass is 9.69. The number of nitrogens with zero attached hydrogens (tertiary/aromatic N) is 1. The molecule has 0 aromatic heterocycles. The van der Waals surface area contributed by atoms with Gasteiger partial charge in [-0.3, -0.25) is 29.0 Å². The first-order valence-electron chi connectivity index (χ1n) is 30.3. The van der Waals surface area contributed by atoms with E-state index < -0.39 is 102 Å². The number of cyclic esters (lactones) is 1. The number of aromatic hydroxyl groups is 1. The van der Waals surface area contributed by atoms with Gasteiger partial charge in [-0.25, -0.2) is 5.43 Å². The Kier molecular flexibility index (Phi) is 29.9. The quantitative estimate of drug-likeness (QED) is 0.0500. The monoisotopic (exact) mass is 1150 g/mol. The van der Waals surface area contributed by atoms with Crippen LogP contribution in [0.2, 0.25) is 0 Å². The zero-order valence-corrected chi connectivity index (χ0v) is 51.6. The lowest BCUT2D eigenvalue weighted by molar-refractivity contribution is -0.267. The van der Waals surface area contributed by atoms with Gasteiger partial charge in [0, 0.05) is 55.4 Å². The Labute approximate surface area is 489 Å². The molecule has 1 aromatic carbocycles. The van der Waals surface area contributed by atoms with Crippen LogP contribution in [0.5, 0.6) is 5.75 Å². The number of hydrogen-bond donors (Lipinski definition) is 9. The molecule has 18 heteroatoms. The average Bonchev–Trinajstić information content (AvgIpc) is 3.61. The molecule has 17 atom stereocenters. The second kappa shape index (κ2) is 34.5. The van der Waals surface area contributed by atoms with Gasteiger partial charge >= 0.3 is 5.97 Å². The Morgan fingerprint density at radius 1 is 0.939 bits per heavy atom. The number of piperidine rings is 1. The summed E-state index contributed by atoms with van der Waals surface area (Å²) in [5.74, 6) is -5.31. The molecule has 1 aromatic rings. The maximum atomic E-state index is 14.6. The molecule has 0 radical (unpaired) electrons. The number of aliphatic hydroxyl groups is 4. The van der Waals surface area contributed by atoms with E-state index in [1.807, 2.05) is 73.6 Å². The summed E-state index contributed by atoms with van der Waals surface area (Å²) in [4.78, 5) is 78.8. The van der Waals surface area contributed by atoms with Crippen molar-refractivity contribution in [1.29, 1.82) is 0 Å². The number of hydrazine groups is 1. The molecule has 3 saturated heterocycles. The van der Waals surface area contributed by atoms with Crippen molar-refractivity contribution in [3.05, 3.63) is 77.4 Å². The topological polar surface area (TPSA) is 273 Å². The number of hydrogen-bond acceptors (Lipinski definition) is 14. The molecule has 5 rings (SSSR count). The molecule has 4 amide bonds. The van der Waals surface area contributed by atoms with Crippen LogP contribution >= 0.6 is 0 Å². The lowest BCUT2D eigenvalue weighted by Crippen LogP contribution is -2.71. The van der Waals surface area contributed by atoms with Gasteiger partial charge in [-0.2, -0.15) is 0 Å². The van der Waals surface area contributed by atoms with E-state index in [0.29, 0.717) is 56.1 Å². The number of rotatable bonds is 14. The number of aryl methyl sites for hydroxylation is 1. The van der Waals surface area contributed by atoms with Crippen molar-refractivity contribution in [1.82, 2.24) is 26.4 Å². The highest BCUT2D eigenvalue weighted by Crippen LogP contribution is 2.46. The van der Waals surface area contributed by atoms with E-state index in [0.717, 1.165) is 18.3 Å². The number of nitrogens with one attached hydrogen (secondary N) is 4. The highest BCUT2D eigenvalue weighted by Gasteiger charge is 2.57. The van der Waals surface area contributed by atoms with Crippen LogP contribution in [0.1, 0.15) is 165 Å². The smallest absolute Gasteiger partial charge is 0.325 e. The number of aldehydes is 1. The molecule has 4 heterocycles. The Balaban J connectivity index is 0.00000341. The summed E-state index contributed by atoms with van der Waals surface area (Å²) in [6.07, 6.45) is 13.0. The fourth-order valence-electron chi connectivity index (χ4n) is 11.4. The number of carbonyl (C=O) groups excluding carboxylic acids is 6. The summed E-state index contributed by atoms with van der Waals surface area (Å²) in [5, 5.41) is 66.4. The van der Waals surface area contributed by atoms with Gasteiger partial charge in [0.1, 0.15) is 42.0 Å². The first-order valence-corrected chi connectivity index (χ1v) is 30.3. The van der Waals surface area contributed by atoms with Crippen LogP contribution < -0.4 is 21.4 Å². The largest absolute Gasteiger partial charge is 0.508 e. The fourth-order valence-corrected chi connectivity index (χ4v) is 11.4. The Bertz CT molecular complexity index is 2340. The fraction of sp³-hybridized carbons (Fsp3) is 0.688. The number of amides is 4. The van der Waals surface area contributed by atoms with Crippen molar-refractivity contribution >= 4 is 35.9 Å². The molecular weight excluding hydrogens is 1050 g/mol. The van der Waals surface area contributed by atoms with Crippen LogP contribution in [0.15, 0.2) is 66.3 Å². The van der Waals surface area contributed by atoms with E-state index >= 15 is 0 Å². The zero-order chi connectivity index (χ0) is 61.6. The third kappa shape index (κ3) is 19.4. The van der Waals surface area contributed by atoms with Gasteiger partial charge in [0.05, 0.1) is 36.4 Å². The number of fused-ring (bicyclic) bond motifs is 2. The summed E-state index contributed by atoms with van der Waals surface area (Å²) >= 11 is 0. The highest BCUT2D eigenvalue weighted by atomic mass is 16.5. The van der Waals surface area contributed by atoms with Crippen LogP contribution in [0, 0.1) is 54.3 Å². The number of carbonyl (C=O) groups is 6. The van der Waals surface area contributed by atoms with Crippen LogP contribution in [0.4, 0.5) is 0 Å². The zero-order valence-electron chi connectivity index (χ0n) is 51.6. The predicted molar refractivity (Wildman–Crippen MR) is 318 cm³/mol. The summed E-state index contributed by atoms with van der Waals surface area (Å²) in [7, 11) is 0. The molecule has 2 bridgehead atoms. The minimum absolute atomic E-state index is 0.0173. The van der Waals surface area contributed by atoms with E-state index in [1.54, 1.807) is 58.1 Å². The molecule has 18 nitrogen and oxygen atoms in total. The van der Waals surface area contributed by atoms with Crippen molar-refractivity contribution in [3.63, 3.8) is 0 Å². The van der Waals surface area contributed by atoms with Crippen molar-refractivity contribution in [3.8, 4) is 5.75 Å². The minimum Gasteiger partial charge on any atom is -0.508 e. The molecule has 12 unspecified atom stereocenters. The van der Waals surface area contributed by atoms with Gasteiger partial charge < -0.3 is 55.8 Å². The Morgan fingerprint density at radius 2 is 1.62 bits per heavy atom. The van der Waals surface area contributed by atoms with Crippen LogP contribution in [-0.4, -0.2) is 133 Å². The maximum Gasteiger partial charge on any atom is 0.325 e. The Hall–Kier alpha value is -5.24. The van der Waals surface area contributed by atoms with Crippen LogP contribution in [0.25, 0.3) is 0 Å². The molecule has 9 N–H and O–H groups in total. The normalized spacial score (nSPS) is 33.4. The summed E-state index contributed by atoms with van der Waals surface area (Å²) in [5.41, 5.74) is 4.00. The van der Waals surface area contributed by atoms with Gasteiger partial charge in [-0.1, -0.05) is 137 Å². The molecule has 0 saturated carbocycles. The minimum atomic E-state index is -1.27. The van der Waals surface area contributed by atoms with E-state index in [1.165, 1.54) is 24.1 Å². The van der Waals surface area contributed by atoms with E-state index in [4.69, 9.17) is 14.3 Å². The number of allylic oxidation sites excluding steroid dienone is 5. The van der Waals surface area contributed by atoms with Gasteiger partial charge in [-0.05, 0) is 100 Å². The highest BCUT2D eigenvalue weighted by molar-refractivity contribution is 5.93. The summed E-state index contributed by atoms with van der Waals surface area (Å²) < 4.78 is 12.9. The standard InChI is InChI=1S/C60H93N5O12.C2H4O.C2H6/c1-12-21-44-54(70)39(9)47(66)25-18-15-19-26-50(37(7)23-17-14-16-22-35(5)49(68)33-51-40(10)53(69)41(11)60(77-51)38(8)30-43(13-2)55(71)63-60)76-59(75)45-24-20-29-65(64-45)58(74)46(31-42-28-27-36(6)48(67)32-42)61-57(73)52(34(3)4)62-56(44)72;1-2-3;1-2/h14-15,17-19,23,25,27-28,32,34-35,38-41,43-47,49-54,64,66-70H,12-13,16,20-22,24,26,29-31,33H2,1-11H3,(H,61,73)(H,62,72)(H,63,71);2H,1H3;1-2H3/b17-14+,19-15+,25-18+,37-23+;;/t35?,38-,39?,40?,41?,43?,44?,45?,46?,47-,49?,50-,51-,52?,53?,54?,60+;;/m0../s1. The number of aliphatic hydroxyl groups excluding tert-OH is 4. The molecule has 1 spiro atoms. The molecule has 462 valence electrons. The summed E-state index contributed by atoms with van der Waals surface area (Å²) in [6, 6.07) is 1.80. The second-order valence-corrected chi connectivity index (χ2v) is 23.4. The predicted octanol–water partition coefficient (Wildman–Crippen LogP) is 7.38. The molecule has 82 heavy (non-hydrogen) atoms. The molecule has 3 fully saturated rings. The maximum absolute atomic E-state index is 14.6. The van der Waals surface area contributed by atoms with Crippen molar-refractivity contribution in [2.45, 2.75) is 228 Å². The molecular formula is C64H103N5O13. The first-order chi connectivity index (χ1) is 38.8. The van der Waals surface area contributed by atoms with Crippen molar-refractivity contribution in [2.24, 2.45) is 47.3 Å². The van der Waals surface area contributed by atoms with Crippen LogP contribution in [0.3, 0.4) is 0 Å². The van der Waals surface area contributed by atoms with Crippen molar-refractivity contribution in [2.75, 3.05) is 6.54 Å². The van der Waals surface area contributed by atoms with Gasteiger partial charge in [-0.15, -0.1) is 0 Å². The molecule has 4 aliphatic rings. The first kappa shape index (κ1) is 71.0. The van der Waals surface area contributed by atoms with E-state index in [2.05, 4.69) is 28.3 Å². The SMILES string of the molecule is CC.CC=O.CCCC1C(=O)NC(C(C)C)C(=O)NC(Cc2ccc(C)c(O)c2)C(=O)N2CCCC(N2)C(=O)O[C@H](/C(C)=C/C=C/CCC(C)C(O)C[C@@H]2O[C@@]3(NC(=O)C(CC)C[C@@H]3C)C(C)C(O)C2C)C/C=C/C=C/[C@H](O)C(C)C1O. The number of phenols is 1. The summed E-state index contributed by atoms with van der Waals surface area (Å²) in [6.45, 7) is 26.2. The molecule has 4 aliphatic heterocycles. The average molecular weight is 1150 g/mol. The lowest BCUT2D eigenvalue weighted by Gasteiger charge is -2.56. The van der Waals surface area contributed by atoms with Gasteiger partial charge in [0.15, 0.2) is 0 Å². The molecule has 0 aliphatic carbocycles. The van der Waals surface area contributed by atoms with Crippen LogP contribution in [-0.2, 0) is 44.7 Å². The number of esters is 1. The van der Waals surface area contributed by atoms with Gasteiger partial charge in [0.2, 0.25) is 17.7 Å². The number of benzene rings is 1. The third-order valence-corrected chi connectivity index (χ3v) is 17.0. The third-order valence-electron chi connectivity index (χ3n) is 17.0.